The monoisotopic (exact) mass is 259 g/mol. The van der Waals surface area contributed by atoms with Crippen molar-refractivity contribution < 1.29 is 0 Å². The molecule has 0 saturated heterocycles. The predicted molar refractivity (Wildman–Crippen MR) is 78.3 cm³/mol. The molecule has 94 valence electrons. The van der Waals surface area contributed by atoms with Crippen LogP contribution in [0, 0.1) is 13.8 Å². The highest BCUT2D eigenvalue weighted by Crippen LogP contribution is 2.26. The maximum absolute atomic E-state index is 6.14. The van der Waals surface area contributed by atoms with Gasteiger partial charge in [0, 0.05) is 5.02 Å². The largest absolute Gasteiger partial charge is 0.309 e. The van der Waals surface area contributed by atoms with Crippen molar-refractivity contribution in [1.82, 2.24) is 5.32 Å². The van der Waals surface area contributed by atoms with Gasteiger partial charge in [-0.25, -0.2) is 0 Å². The number of rotatable bonds is 3. The molecule has 1 nitrogen and oxygen atoms in total. The standard InChI is InChI=1S/C16H18ClN/c1-11-5-4-6-13(7-11)16(18-3)14-8-12(2)9-15(17)10-14/h4-10,16,18H,1-3H3. The maximum atomic E-state index is 6.14. The first-order chi connectivity index (χ1) is 8.60. The smallest absolute Gasteiger partial charge is 0.0575 e. The van der Waals surface area contributed by atoms with Crippen LogP contribution < -0.4 is 5.32 Å². The van der Waals surface area contributed by atoms with Crippen LogP contribution in [0.15, 0.2) is 42.5 Å². The second kappa shape index (κ2) is 5.55. The molecule has 1 atom stereocenters. The Morgan fingerprint density at radius 3 is 2.28 bits per heavy atom. The van der Waals surface area contributed by atoms with Crippen molar-refractivity contribution in [1.29, 1.82) is 0 Å². The minimum atomic E-state index is 0.183. The van der Waals surface area contributed by atoms with Crippen LogP contribution in [0.25, 0.3) is 0 Å². The molecule has 0 fully saturated rings. The number of nitrogens with one attached hydrogen (secondary N) is 1. The molecule has 0 aliphatic heterocycles. The van der Waals surface area contributed by atoms with E-state index in [9.17, 15) is 0 Å². The van der Waals surface area contributed by atoms with Crippen molar-refractivity contribution in [2.24, 2.45) is 0 Å². The van der Waals surface area contributed by atoms with Crippen LogP contribution in [0.1, 0.15) is 28.3 Å². The summed E-state index contributed by atoms with van der Waals surface area (Å²) in [7, 11) is 1.98. The van der Waals surface area contributed by atoms with E-state index in [4.69, 9.17) is 11.6 Å². The summed E-state index contributed by atoms with van der Waals surface area (Å²) in [5, 5.41) is 4.15. The fourth-order valence-corrected chi connectivity index (χ4v) is 2.60. The summed E-state index contributed by atoms with van der Waals surface area (Å²) < 4.78 is 0. The highest BCUT2D eigenvalue weighted by atomic mass is 35.5. The third kappa shape index (κ3) is 2.92. The molecular formula is C16H18ClN. The van der Waals surface area contributed by atoms with Crippen molar-refractivity contribution >= 4 is 11.6 Å². The summed E-state index contributed by atoms with van der Waals surface area (Å²) in [6.07, 6.45) is 0. The summed E-state index contributed by atoms with van der Waals surface area (Å²) in [6, 6.07) is 14.9. The summed E-state index contributed by atoms with van der Waals surface area (Å²) in [4.78, 5) is 0. The Hall–Kier alpha value is -1.31. The van der Waals surface area contributed by atoms with E-state index in [2.05, 4.69) is 49.5 Å². The second-order valence-corrected chi connectivity index (χ2v) is 5.13. The Balaban J connectivity index is 2.45. The molecule has 2 heteroatoms. The molecule has 0 heterocycles. The van der Waals surface area contributed by atoms with E-state index in [1.807, 2.05) is 19.2 Å². The number of aryl methyl sites for hydroxylation is 2. The minimum Gasteiger partial charge on any atom is -0.309 e. The zero-order valence-electron chi connectivity index (χ0n) is 11.0. The average molecular weight is 260 g/mol. The first kappa shape index (κ1) is 13.1. The number of hydrogen-bond donors (Lipinski definition) is 1. The lowest BCUT2D eigenvalue weighted by molar-refractivity contribution is 0.691. The van der Waals surface area contributed by atoms with Gasteiger partial charge in [0.25, 0.3) is 0 Å². The van der Waals surface area contributed by atoms with Crippen LogP contribution in [-0.4, -0.2) is 7.05 Å². The molecule has 1 unspecified atom stereocenters. The topological polar surface area (TPSA) is 12.0 Å². The van der Waals surface area contributed by atoms with Crippen LogP contribution in [0.2, 0.25) is 5.02 Å². The molecule has 0 spiro atoms. The molecule has 0 aliphatic carbocycles. The van der Waals surface area contributed by atoms with E-state index in [0.29, 0.717) is 0 Å². The highest BCUT2D eigenvalue weighted by Gasteiger charge is 2.12. The van der Waals surface area contributed by atoms with Crippen molar-refractivity contribution in [2.45, 2.75) is 19.9 Å². The quantitative estimate of drug-likeness (QED) is 0.868. The van der Waals surface area contributed by atoms with Crippen LogP contribution in [0.5, 0.6) is 0 Å². The van der Waals surface area contributed by atoms with Crippen LogP contribution in [0.3, 0.4) is 0 Å². The molecular weight excluding hydrogens is 242 g/mol. The van der Waals surface area contributed by atoms with Gasteiger partial charge in [-0.1, -0.05) is 47.5 Å². The molecule has 0 bridgehead atoms. The van der Waals surface area contributed by atoms with Crippen LogP contribution in [0.4, 0.5) is 0 Å². The highest BCUT2D eigenvalue weighted by molar-refractivity contribution is 6.30. The molecule has 0 aliphatic rings. The van der Waals surface area contributed by atoms with E-state index < -0.39 is 0 Å². The molecule has 0 amide bonds. The lowest BCUT2D eigenvalue weighted by atomic mass is 9.96. The van der Waals surface area contributed by atoms with Crippen LogP contribution in [-0.2, 0) is 0 Å². The third-order valence-corrected chi connectivity index (χ3v) is 3.28. The molecule has 2 rings (SSSR count). The van der Waals surface area contributed by atoms with E-state index in [-0.39, 0.29) is 6.04 Å². The minimum absolute atomic E-state index is 0.183. The van der Waals surface area contributed by atoms with E-state index in [1.54, 1.807) is 0 Å². The fourth-order valence-electron chi connectivity index (χ4n) is 2.31. The SMILES string of the molecule is CNC(c1cccc(C)c1)c1cc(C)cc(Cl)c1. The van der Waals surface area contributed by atoms with Gasteiger partial charge in [-0.2, -0.15) is 0 Å². The van der Waals surface area contributed by atoms with Crippen LogP contribution >= 0.6 is 11.6 Å². The van der Waals surface area contributed by atoms with Gasteiger partial charge in [0.05, 0.1) is 6.04 Å². The Bertz CT molecular complexity index is 528. The van der Waals surface area contributed by atoms with E-state index in [0.717, 1.165) is 5.02 Å². The number of hydrogen-bond acceptors (Lipinski definition) is 1. The molecule has 0 aromatic heterocycles. The van der Waals surface area contributed by atoms with Gasteiger partial charge >= 0.3 is 0 Å². The maximum Gasteiger partial charge on any atom is 0.0575 e. The van der Waals surface area contributed by atoms with Gasteiger partial charge in [0.2, 0.25) is 0 Å². The molecule has 0 saturated carbocycles. The van der Waals surface area contributed by atoms with Gasteiger partial charge in [0.1, 0.15) is 0 Å². The van der Waals surface area contributed by atoms with Crippen molar-refractivity contribution in [3.8, 4) is 0 Å². The Morgan fingerprint density at radius 2 is 1.67 bits per heavy atom. The van der Waals surface area contributed by atoms with Gasteiger partial charge in [-0.15, -0.1) is 0 Å². The fraction of sp³-hybridized carbons (Fsp3) is 0.250. The lowest BCUT2D eigenvalue weighted by Crippen LogP contribution is -2.17. The van der Waals surface area contributed by atoms with Gasteiger partial charge in [-0.3, -0.25) is 0 Å². The molecule has 0 radical (unpaired) electrons. The third-order valence-electron chi connectivity index (χ3n) is 3.06. The summed E-state index contributed by atoms with van der Waals surface area (Å²) in [5.74, 6) is 0. The molecule has 1 N–H and O–H groups in total. The van der Waals surface area contributed by atoms with Crippen molar-refractivity contribution in [3.05, 3.63) is 69.7 Å². The first-order valence-electron chi connectivity index (χ1n) is 6.11. The molecule has 2 aromatic rings. The summed E-state index contributed by atoms with van der Waals surface area (Å²) in [6.45, 7) is 4.18. The van der Waals surface area contributed by atoms with E-state index >= 15 is 0 Å². The van der Waals surface area contributed by atoms with Gasteiger partial charge < -0.3 is 5.32 Å². The van der Waals surface area contributed by atoms with E-state index in [1.165, 1.54) is 22.3 Å². The summed E-state index contributed by atoms with van der Waals surface area (Å²) in [5.41, 5.74) is 4.92. The molecule has 18 heavy (non-hydrogen) atoms. The molecule has 2 aromatic carbocycles. The van der Waals surface area contributed by atoms with Gasteiger partial charge in [-0.05, 0) is 49.7 Å². The number of benzene rings is 2. The zero-order chi connectivity index (χ0) is 13.1. The Kier molecular flexibility index (Phi) is 4.05. The normalized spacial score (nSPS) is 12.4. The number of halogens is 1. The predicted octanol–water partition coefficient (Wildman–Crippen LogP) is 4.27. The first-order valence-corrected chi connectivity index (χ1v) is 6.49. The van der Waals surface area contributed by atoms with Gasteiger partial charge in [0.15, 0.2) is 0 Å². The summed E-state index contributed by atoms with van der Waals surface area (Å²) >= 11 is 6.14. The lowest BCUT2D eigenvalue weighted by Gasteiger charge is -2.18. The Labute approximate surface area is 114 Å². The zero-order valence-corrected chi connectivity index (χ0v) is 11.8. The average Bonchev–Trinajstić information content (AvgIpc) is 2.28. The second-order valence-electron chi connectivity index (χ2n) is 4.70. The van der Waals surface area contributed by atoms with Crippen molar-refractivity contribution in [3.63, 3.8) is 0 Å². The Morgan fingerprint density at radius 1 is 0.944 bits per heavy atom. The van der Waals surface area contributed by atoms with Crippen molar-refractivity contribution in [2.75, 3.05) is 7.05 Å².